The van der Waals surface area contributed by atoms with Crippen molar-refractivity contribution in [2.75, 3.05) is 11.5 Å². The standard InChI is InChI=1S/C12H9F2N5O/c13-11(14)20-7-3-1-6(2-4-7)9-8(5-15)10(16)19-12(17)18-9/h1-4,11H,(H4,16,17,18,19). The molecule has 0 aliphatic heterocycles. The third kappa shape index (κ3) is 2.72. The summed E-state index contributed by atoms with van der Waals surface area (Å²) in [6.07, 6.45) is 0. The molecule has 20 heavy (non-hydrogen) atoms. The highest BCUT2D eigenvalue weighted by Crippen LogP contribution is 2.27. The van der Waals surface area contributed by atoms with E-state index in [0.29, 0.717) is 5.56 Å². The van der Waals surface area contributed by atoms with Crippen molar-refractivity contribution in [2.45, 2.75) is 6.61 Å². The number of aromatic nitrogens is 2. The lowest BCUT2D eigenvalue weighted by molar-refractivity contribution is -0.0498. The highest BCUT2D eigenvalue weighted by atomic mass is 19.3. The summed E-state index contributed by atoms with van der Waals surface area (Å²) in [7, 11) is 0. The largest absolute Gasteiger partial charge is 0.435 e. The van der Waals surface area contributed by atoms with Crippen LogP contribution in [0.25, 0.3) is 11.3 Å². The summed E-state index contributed by atoms with van der Waals surface area (Å²) in [5.74, 6) is -0.121. The minimum atomic E-state index is -2.90. The zero-order valence-electron chi connectivity index (χ0n) is 10.0. The van der Waals surface area contributed by atoms with Gasteiger partial charge in [0.05, 0.1) is 5.69 Å². The maximum absolute atomic E-state index is 12.0. The number of halogens is 2. The number of hydrogen-bond acceptors (Lipinski definition) is 6. The predicted molar refractivity (Wildman–Crippen MR) is 67.6 cm³/mol. The number of anilines is 2. The molecular formula is C12H9F2N5O. The van der Waals surface area contributed by atoms with Gasteiger partial charge in [0, 0.05) is 5.56 Å². The molecule has 0 saturated heterocycles. The van der Waals surface area contributed by atoms with E-state index in [1.54, 1.807) is 0 Å². The molecule has 0 aliphatic carbocycles. The molecule has 4 N–H and O–H groups in total. The molecular weight excluding hydrogens is 268 g/mol. The fraction of sp³-hybridized carbons (Fsp3) is 0.0833. The first-order valence-corrected chi connectivity index (χ1v) is 5.39. The molecule has 6 nitrogen and oxygen atoms in total. The van der Waals surface area contributed by atoms with Crippen LogP contribution in [0.2, 0.25) is 0 Å². The monoisotopic (exact) mass is 277 g/mol. The Bertz CT molecular complexity index is 667. The Morgan fingerprint density at radius 3 is 2.35 bits per heavy atom. The highest BCUT2D eigenvalue weighted by molar-refractivity contribution is 5.73. The van der Waals surface area contributed by atoms with Gasteiger partial charge in [0.25, 0.3) is 0 Å². The van der Waals surface area contributed by atoms with Crippen molar-refractivity contribution < 1.29 is 13.5 Å². The summed E-state index contributed by atoms with van der Waals surface area (Å²) in [6, 6.07) is 7.48. The Kier molecular flexibility index (Phi) is 3.61. The Balaban J connectivity index is 2.44. The zero-order valence-corrected chi connectivity index (χ0v) is 10.0. The van der Waals surface area contributed by atoms with Gasteiger partial charge in [-0.05, 0) is 24.3 Å². The SMILES string of the molecule is N#Cc1c(N)nc(N)nc1-c1ccc(OC(F)F)cc1. The van der Waals surface area contributed by atoms with Crippen LogP contribution in [0, 0.1) is 11.3 Å². The van der Waals surface area contributed by atoms with E-state index in [1.807, 2.05) is 6.07 Å². The van der Waals surface area contributed by atoms with Gasteiger partial charge >= 0.3 is 6.61 Å². The van der Waals surface area contributed by atoms with Crippen LogP contribution in [0.1, 0.15) is 5.56 Å². The van der Waals surface area contributed by atoms with Crippen molar-refractivity contribution in [3.63, 3.8) is 0 Å². The average molecular weight is 277 g/mol. The Hall–Kier alpha value is -2.95. The van der Waals surface area contributed by atoms with Crippen molar-refractivity contribution >= 4 is 11.8 Å². The van der Waals surface area contributed by atoms with E-state index in [0.717, 1.165) is 0 Å². The summed E-state index contributed by atoms with van der Waals surface area (Å²) < 4.78 is 28.3. The van der Waals surface area contributed by atoms with Gasteiger partial charge in [0.2, 0.25) is 5.95 Å². The molecule has 0 fully saturated rings. The topological polar surface area (TPSA) is 111 Å². The second-order valence-corrected chi connectivity index (χ2v) is 3.71. The number of nitriles is 1. The van der Waals surface area contributed by atoms with Crippen LogP contribution in [0.4, 0.5) is 20.5 Å². The molecule has 0 amide bonds. The summed E-state index contributed by atoms with van der Waals surface area (Å²) in [4.78, 5) is 7.63. The number of nitrogens with two attached hydrogens (primary N) is 2. The van der Waals surface area contributed by atoms with E-state index in [2.05, 4.69) is 14.7 Å². The van der Waals surface area contributed by atoms with Crippen molar-refractivity contribution in [3.8, 4) is 23.1 Å². The molecule has 0 radical (unpaired) electrons. The van der Waals surface area contributed by atoms with E-state index in [1.165, 1.54) is 24.3 Å². The number of ether oxygens (including phenoxy) is 1. The lowest BCUT2D eigenvalue weighted by Crippen LogP contribution is -2.05. The van der Waals surface area contributed by atoms with Gasteiger partial charge in [-0.2, -0.15) is 19.0 Å². The first-order chi connectivity index (χ1) is 9.51. The molecule has 1 heterocycles. The lowest BCUT2D eigenvalue weighted by atomic mass is 10.1. The Morgan fingerprint density at radius 1 is 1.15 bits per heavy atom. The van der Waals surface area contributed by atoms with E-state index in [-0.39, 0.29) is 28.8 Å². The zero-order chi connectivity index (χ0) is 14.7. The van der Waals surface area contributed by atoms with Gasteiger partial charge in [-0.1, -0.05) is 0 Å². The van der Waals surface area contributed by atoms with Crippen LogP contribution in [0.15, 0.2) is 24.3 Å². The van der Waals surface area contributed by atoms with E-state index in [9.17, 15) is 8.78 Å². The Labute approximate surface area is 112 Å². The third-order valence-corrected chi connectivity index (χ3v) is 2.42. The lowest BCUT2D eigenvalue weighted by Gasteiger charge is -2.08. The summed E-state index contributed by atoms with van der Waals surface area (Å²) in [5, 5.41) is 9.05. The minimum absolute atomic E-state index is 0.00254. The van der Waals surface area contributed by atoms with Crippen LogP contribution in [0.5, 0.6) is 5.75 Å². The molecule has 102 valence electrons. The normalized spacial score (nSPS) is 10.3. The van der Waals surface area contributed by atoms with Gasteiger partial charge in [-0.3, -0.25) is 0 Å². The van der Waals surface area contributed by atoms with Gasteiger partial charge in [-0.15, -0.1) is 0 Å². The second-order valence-electron chi connectivity index (χ2n) is 3.71. The van der Waals surface area contributed by atoms with Gasteiger partial charge in [-0.25, -0.2) is 4.98 Å². The second kappa shape index (κ2) is 5.36. The van der Waals surface area contributed by atoms with Crippen LogP contribution < -0.4 is 16.2 Å². The van der Waals surface area contributed by atoms with Crippen molar-refractivity contribution in [1.82, 2.24) is 9.97 Å². The summed E-state index contributed by atoms with van der Waals surface area (Å²) in [6.45, 7) is -2.90. The molecule has 0 atom stereocenters. The van der Waals surface area contributed by atoms with Crippen LogP contribution in [-0.2, 0) is 0 Å². The molecule has 8 heteroatoms. The van der Waals surface area contributed by atoms with Crippen molar-refractivity contribution in [3.05, 3.63) is 29.8 Å². The molecule has 0 spiro atoms. The van der Waals surface area contributed by atoms with Gasteiger partial charge in [0.15, 0.2) is 0 Å². The third-order valence-electron chi connectivity index (χ3n) is 2.42. The van der Waals surface area contributed by atoms with E-state index >= 15 is 0 Å². The summed E-state index contributed by atoms with van der Waals surface area (Å²) in [5.41, 5.74) is 11.9. The molecule has 0 aliphatic rings. The van der Waals surface area contributed by atoms with E-state index in [4.69, 9.17) is 16.7 Å². The number of nitrogen functional groups attached to an aromatic ring is 2. The molecule has 1 aromatic carbocycles. The maximum Gasteiger partial charge on any atom is 0.387 e. The van der Waals surface area contributed by atoms with Crippen LogP contribution in [0.3, 0.4) is 0 Å². The van der Waals surface area contributed by atoms with Crippen LogP contribution in [-0.4, -0.2) is 16.6 Å². The predicted octanol–water partition coefficient (Wildman–Crippen LogP) is 1.78. The van der Waals surface area contributed by atoms with Crippen molar-refractivity contribution in [1.29, 1.82) is 5.26 Å². The number of benzene rings is 1. The van der Waals surface area contributed by atoms with Crippen LogP contribution >= 0.6 is 0 Å². The molecule has 0 bridgehead atoms. The van der Waals surface area contributed by atoms with Crippen molar-refractivity contribution in [2.24, 2.45) is 0 Å². The maximum atomic E-state index is 12.0. The molecule has 2 aromatic rings. The molecule has 2 rings (SSSR count). The summed E-state index contributed by atoms with van der Waals surface area (Å²) >= 11 is 0. The highest BCUT2D eigenvalue weighted by Gasteiger charge is 2.13. The fourth-order valence-corrected chi connectivity index (χ4v) is 1.61. The van der Waals surface area contributed by atoms with Gasteiger partial charge < -0.3 is 16.2 Å². The first-order valence-electron chi connectivity index (χ1n) is 5.39. The van der Waals surface area contributed by atoms with Gasteiger partial charge in [0.1, 0.15) is 23.2 Å². The minimum Gasteiger partial charge on any atom is -0.435 e. The van der Waals surface area contributed by atoms with E-state index < -0.39 is 6.61 Å². The Morgan fingerprint density at radius 2 is 1.80 bits per heavy atom. The smallest absolute Gasteiger partial charge is 0.387 e. The quantitative estimate of drug-likeness (QED) is 0.884. The number of nitrogens with zero attached hydrogens (tertiary/aromatic N) is 3. The molecule has 0 unspecified atom stereocenters. The molecule has 1 aromatic heterocycles. The number of hydrogen-bond donors (Lipinski definition) is 2. The molecule has 0 saturated carbocycles. The average Bonchev–Trinajstić information content (AvgIpc) is 2.38. The number of rotatable bonds is 3. The first kappa shape index (κ1) is 13.5. The fourth-order valence-electron chi connectivity index (χ4n) is 1.61. The number of alkyl halides is 2.